The molecule has 0 bridgehead atoms. The second-order valence-corrected chi connectivity index (χ2v) is 8.11. The van der Waals surface area contributed by atoms with Gasteiger partial charge in [0.1, 0.15) is 17.6 Å². The average molecular weight is 399 g/mol. The third-order valence-corrected chi connectivity index (χ3v) is 4.66. The Kier molecular flexibility index (Phi) is 7.27. The molecule has 1 unspecified atom stereocenters. The van der Waals surface area contributed by atoms with Crippen LogP contribution in [0.4, 0.5) is 5.82 Å². The van der Waals surface area contributed by atoms with E-state index in [1.54, 1.807) is 7.05 Å². The number of ether oxygens (including phenoxy) is 1. The Morgan fingerprint density at radius 3 is 2.31 bits per heavy atom. The molecular weight excluding hydrogens is 368 g/mol. The quantitative estimate of drug-likeness (QED) is 0.738. The van der Waals surface area contributed by atoms with Gasteiger partial charge in [-0.1, -0.05) is 45.9 Å². The van der Waals surface area contributed by atoms with Crippen LogP contribution in [0, 0.1) is 23.2 Å². The Morgan fingerprint density at radius 1 is 1.07 bits per heavy atom. The molecule has 1 atom stereocenters. The van der Waals surface area contributed by atoms with Crippen LogP contribution in [0.5, 0.6) is 5.75 Å². The zero-order chi connectivity index (χ0) is 21.7. The molecule has 29 heavy (non-hydrogen) atoms. The van der Waals surface area contributed by atoms with Crippen LogP contribution in [0.25, 0.3) is 0 Å². The standard InChI is InChI=1S/C22H30N4O3/c1-14(2)11-18(16-9-7-8-10-19(16)29-13-15(3)4)24-20-17(12-23)21(27)26(6)22(28)25(20)5/h7-10,14-15,18,24H,11,13H2,1-6H3. The summed E-state index contributed by atoms with van der Waals surface area (Å²) < 4.78 is 8.27. The minimum Gasteiger partial charge on any atom is -0.493 e. The summed E-state index contributed by atoms with van der Waals surface area (Å²) >= 11 is 0. The lowest BCUT2D eigenvalue weighted by molar-refractivity contribution is 0.267. The molecule has 0 saturated carbocycles. The Labute approximate surface area is 171 Å². The lowest BCUT2D eigenvalue weighted by Crippen LogP contribution is -2.40. The number of benzene rings is 1. The van der Waals surface area contributed by atoms with E-state index in [0.717, 1.165) is 22.3 Å². The summed E-state index contributed by atoms with van der Waals surface area (Å²) in [5.41, 5.74) is -0.238. The summed E-state index contributed by atoms with van der Waals surface area (Å²) in [4.78, 5) is 24.9. The summed E-state index contributed by atoms with van der Waals surface area (Å²) in [7, 11) is 2.93. The van der Waals surface area contributed by atoms with Gasteiger partial charge in [-0.25, -0.2) is 4.79 Å². The van der Waals surface area contributed by atoms with E-state index in [1.165, 1.54) is 11.6 Å². The molecular formula is C22H30N4O3. The van der Waals surface area contributed by atoms with Crippen LogP contribution in [0.2, 0.25) is 0 Å². The molecule has 0 fully saturated rings. The number of nitrogens with zero attached hydrogens (tertiary/aromatic N) is 3. The van der Waals surface area contributed by atoms with Crippen molar-refractivity contribution in [1.82, 2.24) is 9.13 Å². The largest absolute Gasteiger partial charge is 0.493 e. The number of hydrogen-bond acceptors (Lipinski definition) is 5. The number of rotatable bonds is 8. The molecule has 1 aromatic carbocycles. The molecule has 0 saturated heterocycles. The summed E-state index contributed by atoms with van der Waals surface area (Å²) in [5.74, 6) is 1.69. The van der Waals surface area contributed by atoms with Crippen molar-refractivity contribution in [3.05, 3.63) is 56.2 Å². The van der Waals surface area contributed by atoms with E-state index in [4.69, 9.17) is 4.74 Å². The molecule has 156 valence electrons. The summed E-state index contributed by atoms with van der Waals surface area (Å²) in [6.07, 6.45) is 0.732. The first-order valence-electron chi connectivity index (χ1n) is 9.85. The van der Waals surface area contributed by atoms with Gasteiger partial charge in [-0.15, -0.1) is 0 Å². The van der Waals surface area contributed by atoms with Gasteiger partial charge in [-0.2, -0.15) is 5.26 Å². The molecule has 1 N–H and O–H groups in total. The fraction of sp³-hybridized carbons (Fsp3) is 0.500. The average Bonchev–Trinajstić information content (AvgIpc) is 2.68. The maximum absolute atomic E-state index is 12.4. The van der Waals surface area contributed by atoms with E-state index in [2.05, 4.69) is 33.0 Å². The van der Waals surface area contributed by atoms with Gasteiger partial charge in [-0.3, -0.25) is 13.9 Å². The maximum Gasteiger partial charge on any atom is 0.332 e. The van der Waals surface area contributed by atoms with Crippen molar-refractivity contribution in [1.29, 1.82) is 5.26 Å². The molecule has 0 amide bonds. The zero-order valence-corrected chi connectivity index (χ0v) is 18.0. The Bertz CT molecular complexity index is 1010. The minimum atomic E-state index is -0.606. The fourth-order valence-corrected chi connectivity index (χ4v) is 3.17. The van der Waals surface area contributed by atoms with E-state index in [-0.39, 0.29) is 17.4 Å². The monoisotopic (exact) mass is 398 g/mol. The van der Waals surface area contributed by atoms with Crippen molar-refractivity contribution in [2.45, 2.75) is 40.2 Å². The van der Waals surface area contributed by atoms with Gasteiger partial charge in [0, 0.05) is 19.7 Å². The minimum absolute atomic E-state index is 0.0797. The van der Waals surface area contributed by atoms with Gasteiger partial charge < -0.3 is 10.1 Å². The van der Waals surface area contributed by atoms with Crippen LogP contribution < -0.4 is 21.3 Å². The summed E-state index contributed by atoms with van der Waals surface area (Å²) in [6.45, 7) is 8.95. The number of nitriles is 1. The highest BCUT2D eigenvalue weighted by Gasteiger charge is 2.23. The van der Waals surface area contributed by atoms with Gasteiger partial charge in [0.2, 0.25) is 0 Å². The first kappa shape index (κ1) is 22.3. The third-order valence-electron chi connectivity index (χ3n) is 4.66. The van der Waals surface area contributed by atoms with Crippen molar-refractivity contribution in [2.24, 2.45) is 25.9 Å². The molecule has 0 aliphatic heterocycles. The molecule has 7 heteroatoms. The summed E-state index contributed by atoms with van der Waals surface area (Å²) in [5, 5.41) is 12.9. The van der Waals surface area contributed by atoms with E-state index in [9.17, 15) is 14.9 Å². The van der Waals surface area contributed by atoms with Crippen molar-refractivity contribution in [3.63, 3.8) is 0 Å². The van der Waals surface area contributed by atoms with Gasteiger partial charge >= 0.3 is 5.69 Å². The van der Waals surface area contributed by atoms with E-state index in [1.807, 2.05) is 30.3 Å². The maximum atomic E-state index is 12.4. The number of anilines is 1. The van der Waals surface area contributed by atoms with Gasteiger partial charge in [0.15, 0.2) is 5.56 Å². The number of para-hydroxylation sites is 1. The first-order chi connectivity index (χ1) is 13.7. The third kappa shape index (κ3) is 5.08. The predicted octanol–water partition coefficient (Wildman–Crippen LogP) is 3.19. The van der Waals surface area contributed by atoms with E-state index < -0.39 is 11.2 Å². The molecule has 1 heterocycles. The van der Waals surface area contributed by atoms with E-state index in [0.29, 0.717) is 18.4 Å². The second-order valence-electron chi connectivity index (χ2n) is 8.11. The Hall–Kier alpha value is -3.01. The van der Waals surface area contributed by atoms with Gasteiger partial charge in [0.25, 0.3) is 5.56 Å². The Balaban J connectivity index is 2.57. The highest BCUT2D eigenvalue weighted by molar-refractivity contribution is 5.53. The highest BCUT2D eigenvalue weighted by atomic mass is 16.5. The van der Waals surface area contributed by atoms with Crippen molar-refractivity contribution >= 4 is 5.82 Å². The van der Waals surface area contributed by atoms with Crippen molar-refractivity contribution in [2.75, 3.05) is 11.9 Å². The smallest absolute Gasteiger partial charge is 0.332 e. The molecule has 1 aromatic heterocycles. The number of aromatic nitrogens is 2. The van der Waals surface area contributed by atoms with Crippen LogP contribution in [0.1, 0.15) is 51.3 Å². The van der Waals surface area contributed by atoms with Crippen LogP contribution in [-0.2, 0) is 14.1 Å². The number of hydrogen-bond donors (Lipinski definition) is 1. The van der Waals surface area contributed by atoms with Crippen LogP contribution in [-0.4, -0.2) is 15.7 Å². The summed E-state index contributed by atoms with van der Waals surface area (Å²) in [6, 6.07) is 9.46. The first-order valence-corrected chi connectivity index (χ1v) is 9.85. The molecule has 0 aliphatic rings. The van der Waals surface area contributed by atoms with Crippen LogP contribution in [0.3, 0.4) is 0 Å². The normalized spacial score (nSPS) is 12.1. The lowest BCUT2D eigenvalue weighted by atomic mass is 9.96. The SMILES string of the molecule is CC(C)COc1ccccc1C(CC(C)C)Nc1c(C#N)c(=O)n(C)c(=O)n1C. The van der Waals surface area contributed by atoms with Crippen molar-refractivity contribution < 1.29 is 4.74 Å². The zero-order valence-electron chi connectivity index (χ0n) is 18.0. The second kappa shape index (κ2) is 9.46. The van der Waals surface area contributed by atoms with Crippen LogP contribution in [0.15, 0.2) is 33.9 Å². The molecule has 7 nitrogen and oxygen atoms in total. The molecule has 0 radical (unpaired) electrons. The molecule has 2 rings (SSSR count). The number of nitrogens with one attached hydrogen (secondary N) is 1. The fourth-order valence-electron chi connectivity index (χ4n) is 3.17. The van der Waals surface area contributed by atoms with Crippen LogP contribution >= 0.6 is 0 Å². The molecule has 0 spiro atoms. The highest BCUT2D eigenvalue weighted by Crippen LogP contribution is 2.32. The molecule has 0 aliphatic carbocycles. The lowest BCUT2D eigenvalue weighted by Gasteiger charge is -2.26. The van der Waals surface area contributed by atoms with E-state index >= 15 is 0 Å². The van der Waals surface area contributed by atoms with Gasteiger partial charge in [-0.05, 0) is 24.3 Å². The van der Waals surface area contributed by atoms with Gasteiger partial charge in [0.05, 0.1) is 12.6 Å². The Morgan fingerprint density at radius 2 is 1.72 bits per heavy atom. The molecule has 2 aromatic rings. The topological polar surface area (TPSA) is 89.1 Å². The van der Waals surface area contributed by atoms with Crippen molar-refractivity contribution in [3.8, 4) is 11.8 Å². The predicted molar refractivity (Wildman–Crippen MR) is 114 cm³/mol.